The molecule has 4 nitrogen and oxygen atoms in total. The number of nitrogens with one attached hydrogen (secondary N) is 1. The topological polar surface area (TPSA) is 63.8 Å². The largest absolute Gasteiger partial charge is 0.388 e. The number of rotatable bonds is 3. The normalized spacial score (nSPS) is 10.4. The molecular weight excluding hydrogens is 268 g/mol. The lowest BCUT2D eigenvalue weighted by Crippen LogP contribution is -2.13. The highest BCUT2D eigenvalue weighted by Crippen LogP contribution is 2.26. The predicted molar refractivity (Wildman–Crippen MR) is 85.2 cm³/mol. The molecule has 3 N–H and O–H groups in total. The first-order chi connectivity index (χ1) is 9.75. The molecular formula is C15H12N4S. The van der Waals surface area contributed by atoms with Gasteiger partial charge in [0.25, 0.3) is 0 Å². The summed E-state index contributed by atoms with van der Waals surface area (Å²) < 4.78 is 0. The SMILES string of the molecule is NC(=S)c1ncccc1Nc1cccc2ccncc12. The van der Waals surface area contributed by atoms with E-state index >= 15 is 0 Å². The highest BCUT2D eigenvalue weighted by molar-refractivity contribution is 7.80. The maximum atomic E-state index is 5.70. The van der Waals surface area contributed by atoms with Gasteiger partial charge in [0.15, 0.2) is 0 Å². The summed E-state index contributed by atoms with van der Waals surface area (Å²) in [6, 6.07) is 11.7. The maximum absolute atomic E-state index is 5.70. The zero-order valence-electron chi connectivity index (χ0n) is 10.6. The number of anilines is 2. The number of pyridine rings is 2. The van der Waals surface area contributed by atoms with Crippen molar-refractivity contribution in [3.63, 3.8) is 0 Å². The van der Waals surface area contributed by atoms with E-state index in [1.165, 1.54) is 0 Å². The Hall–Kier alpha value is -2.53. The van der Waals surface area contributed by atoms with Gasteiger partial charge in [-0.15, -0.1) is 0 Å². The molecule has 3 aromatic rings. The van der Waals surface area contributed by atoms with E-state index in [0.29, 0.717) is 5.69 Å². The van der Waals surface area contributed by atoms with Gasteiger partial charge in [-0.1, -0.05) is 24.4 Å². The monoisotopic (exact) mass is 280 g/mol. The number of aromatic nitrogens is 2. The molecule has 0 atom stereocenters. The number of nitrogens with zero attached hydrogens (tertiary/aromatic N) is 2. The van der Waals surface area contributed by atoms with Gasteiger partial charge in [0.05, 0.1) is 5.69 Å². The van der Waals surface area contributed by atoms with Crippen LogP contribution in [0, 0.1) is 0 Å². The molecule has 5 heteroatoms. The van der Waals surface area contributed by atoms with Crippen LogP contribution in [0.2, 0.25) is 0 Å². The molecule has 98 valence electrons. The average Bonchev–Trinajstić information content (AvgIpc) is 2.48. The Morgan fingerprint density at radius 2 is 1.90 bits per heavy atom. The van der Waals surface area contributed by atoms with E-state index in [9.17, 15) is 0 Å². The summed E-state index contributed by atoms with van der Waals surface area (Å²) in [4.78, 5) is 8.65. The van der Waals surface area contributed by atoms with Crippen molar-refractivity contribution in [3.8, 4) is 0 Å². The van der Waals surface area contributed by atoms with E-state index in [2.05, 4.69) is 15.3 Å². The molecule has 2 aromatic heterocycles. The van der Waals surface area contributed by atoms with Crippen LogP contribution in [0.25, 0.3) is 10.8 Å². The molecule has 0 radical (unpaired) electrons. The van der Waals surface area contributed by atoms with Gasteiger partial charge in [-0.3, -0.25) is 9.97 Å². The fourth-order valence-electron chi connectivity index (χ4n) is 2.07. The molecule has 1 aromatic carbocycles. The summed E-state index contributed by atoms with van der Waals surface area (Å²) in [6.07, 6.45) is 5.27. The number of benzene rings is 1. The van der Waals surface area contributed by atoms with Gasteiger partial charge >= 0.3 is 0 Å². The molecule has 0 amide bonds. The third kappa shape index (κ3) is 2.31. The first kappa shape index (κ1) is 12.5. The van der Waals surface area contributed by atoms with Crippen LogP contribution in [-0.2, 0) is 0 Å². The Morgan fingerprint density at radius 1 is 1.05 bits per heavy atom. The molecule has 0 aliphatic heterocycles. The fraction of sp³-hybridized carbons (Fsp3) is 0. The van der Waals surface area contributed by atoms with E-state index in [0.717, 1.165) is 22.1 Å². The Labute approximate surface area is 121 Å². The van der Waals surface area contributed by atoms with Gasteiger partial charge in [0.1, 0.15) is 10.7 Å². The minimum Gasteiger partial charge on any atom is -0.388 e. The highest BCUT2D eigenvalue weighted by Gasteiger charge is 2.08. The van der Waals surface area contributed by atoms with E-state index in [-0.39, 0.29) is 4.99 Å². The van der Waals surface area contributed by atoms with Crippen molar-refractivity contribution in [1.82, 2.24) is 9.97 Å². The fourth-order valence-corrected chi connectivity index (χ4v) is 2.23. The van der Waals surface area contributed by atoms with Crippen LogP contribution in [-0.4, -0.2) is 15.0 Å². The van der Waals surface area contributed by atoms with Crippen molar-refractivity contribution in [1.29, 1.82) is 0 Å². The number of hydrogen-bond acceptors (Lipinski definition) is 4. The van der Waals surface area contributed by atoms with Gasteiger partial charge < -0.3 is 11.1 Å². The molecule has 0 saturated heterocycles. The van der Waals surface area contributed by atoms with Gasteiger partial charge in [-0.2, -0.15) is 0 Å². The molecule has 0 fully saturated rings. The second-order valence-corrected chi connectivity index (χ2v) is 4.73. The van der Waals surface area contributed by atoms with Crippen molar-refractivity contribution in [2.45, 2.75) is 0 Å². The van der Waals surface area contributed by atoms with Crippen molar-refractivity contribution >= 4 is 39.4 Å². The number of thiocarbonyl (C=S) groups is 1. The lowest BCUT2D eigenvalue weighted by atomic mass is 10.1. The molecule has 20 heavy (non-hydrogen) atoms. The summed E-state index contributed by atoms with van der Waals surface area (Å²) >= 11 is 5.02. The molecule has 0 aliphatic rings. The Kier molecular flexibility index (Phi) is 3.26. The smallest absolute Gasteiger partial charge is 0.124 e. The van der Waals surface area contributed by atoms with Crippen molar-refractivity contribution < 1.29 is 0 Å². The Balaban J connectivity index is 2.08. The van der Waals surface area contributed by atoms with Gasteiger partial charge in [0, 0.05) is 29.7 Å². The zero-order valence-corrected chi connectivity index (χ0v) is 11.4. The van der Waals surface area contributed by atoms with Crippen LogP contribution in [0.1, 0.15) is 5.69 Å². The van der Waals surface area contributed by atoms with Gasteiger partial charge in [0.2, 0.25) is 0 Å². The lowest BCUT2D eigenvalue weighted by molar-refractivity contribution is 1.29. The molecule has 0 spiro atoms. The molecule has 0 saturated carbocycles. The second kappa shape index (κ2) is 5.22. The standard InChI is InChI=1S/C15H12N4S/c16-15(20)14-13(5-2-7-18-14)19-12-4-1-3-10-6-8-17-9-11(10)12/h1-9,19H,(H2,16,20). The van der Waals surface area contributed by atoms with Crippen LogP contribution in [0.15, 0.2) is 55.0 Å². The summed E-state index contributed by atoms with van der Waals surface area (Å²) in [6.45, 7) is 0. The van der Waals surface area contributed by atoms with E-state index < -0.39 is 0 Å². The minimum absolute atomic E-state index is 0.270. The summed E-state index contributed by atoms with van der Waals surface area (Å²) in [5, 5.41) is 5.48. The summed E-state index contributed by atoms with van der Waals surface area (Å²) in [5.74, 6) is 0. The van der Waals surface area contributed by atoms with E-state index in [4.69, 9.17) is 18.0 Å². The summed E-state index contributed by atoms with van der Waals surface area (Å²) in [7, 11) is 0. The molecule has 0 aliphatic carbocycles. The van der Waals surface area contributed by atoms with Crippen LogP contribution in [0.5, 0.6) is 0 Å². The van der Waals surface area contributed by atoms with E-state index in [1.807, 2.05) is 42.6 Å². The Bertz CT molecular complexity index is 780. The zero-order chi connectivity index (χ0) is 13.9. The number of hydrogen-bond donors (Lipinski definition) is 2. The Morgan fingerprint density at radius 3 is 2.75 bits per heavy atom. The van der Waals surface area contributed by atoms with Gasteiger partial charge in [-0.05, 0) is 29.7 Å². The third-order valence-electron chi connectivity index (χ3n) is 2.99. The number of fused-ring (bicyclic) bond motifs is 1. The maximum Gasteiger partial charge on any atom is 0.124 e. The molecule has 2 heterocycles. The quantitative estimate of drug-likeness (QED) is 0.722. The van der Waals surface area contributed by atoms with Crippen LogP contribution in [0.3, 0.4) is 0 Å². The predicted octanol–water partition coefficient (Wildman–Crippen LogP) is 3.01. The average molecular weight is 280 g/mol. The molecule has 3 rings (SSSR count). The highest BCUT2D eigenvalue weighted by atomic mass is 32.1. The van der Waals surface area contributed by atoms with Crippen molar-refractivity contribution in [2.24, 2.45) is 5.73 Å². The molecule has 0 unspecified atom stereocenters. The van der Waals surface area contributed by atoms with Crippen LogP contribution >= 0.6 is 12.2 Å². The second-order valence-electron chi connectivity index (χ2n) is 4.29. The van der Waals surface area contributed by atoms with E-state index in [1.54, 1.807) is 12.4 Å². The lowest BCUT2D eigenvalue weighted by Gasteiger charge is -2.12. The number of nitrogens with two attached hydrogens (primary N) is 1. The third-order valence-corrected chi connectivity index (χ3v) is 3.19. The van der Waals surface area contributed by atoms with Crippen molar-refractivity contribution in [2.75, 3.05) is 5.32 Å². The first-order valence-electron chi connectivity index (χ1n) is 6.10. The summed E-state index contributed by atoms with van der Waals surface area (Å²) in [5.41, 5.74) is 8.02. The minimum atomic E-state index is 0.270. The molecule has 0 bridgehead atoms. The van der Waals surface area contributed by atoms with Crippen LogP contribution in [0.4, 0.5) is 11.4 Å². The van der Waals surface area contributed by atoms with Gasteiger partial charge in [-0.25, -0.2) is 0 Å². The van der Waals surface area contributed by atoms with Crippen molar-refractivity contribution in [3.05, 3.63) is 60.7 Å². The van der Waals surface area contributed by atoms with Crippen LogP contribution < -0.4 is 11.1 Å². The first-order valence-corrected chi connectivity index (χ1v) is 6.51.